The predicted molar refractivity (Wildman–Crippen MR) is 601 cm³/mol. The zero-order chi connectivity index (χ0) is 104. The molecular formula is C115H112B3Br4N7O13S2. The molecule has 0 spiro atoms. The van der Waals surface area contributed by atoms with Crippen molar-refractivity contribution in [3.8, 4) is 46.5 Å². The minimum atomic E-state index is -0.895. The molecule has 3 N–H and O–H groups in total. The van der Waals surface area contributed by atoms with Crippen LogP contribution in [0.4, 0.5) is 0 Å². The van der Waals surface area contributed by atoms with Crippen molar-refractivity contribution < 1.29 is 61.7 Å². The van der Waals surface area contributed by atoms with Crippen LogP contribution in [0.1, 0.15) is 175 Å². The van der Waals surface area contributed by atoms with Crippen LogP contribution in [-0.4, -0.2) is 116 Å². The van der Waals surface area contributed by atoms with Crippen LogP contribution < -0.4 is 11.2 Å². The summed E-state index contributed by atoms with van der Waals surface area (Å²) in [5, 5.41) is 61.8. The molecule has 3 aliphatic heterocycles. The Balaban J connectivity index is 0.000000160. The van der Waals surface area contributed by atoms with E-state index in [0.29, 0.717) is 41.0 Å². The second-order valence-corrected chi connectivity index (χ2v) is 44.1. The quantitative estimate of drug-likeness (QED) is 0.0443. The number of amides is 1. The van der Waals surface area contributed by atoms with Gasteiger partial charge in [0.2, 0.25) is 5.91 Å². The number of esters is 2. The number of ether oxygens (including phenoxy) is 2. The van der Waals surface area contributed by atoms with Crippen molar-refractivity contribution in [3.05, 3.63) is 331 Å². The van der Waals surface area contributed by atoms with Crippen LogP contribution in [0.3, 0.4) is 0 Å². The number of hydrogen-bond donors (Lipinski definition) is 3. The number of aromatic nitrogens is 2. The van der Waals surface area contributed by atoms with E-state index in [9.17, 15) is 35.0 Å². The highest BCUT2D eigenvalue weighted by Gasteiger charge is 2.64. The first-order valence-corrected chi connectivity index (χ1v) is 50.5. The Bertz CT molecular complexity index is 7530. The Morgan fingerprint density at radius 2 is 0.708 bits per heavy atom. The van der Waals surface area contributed by atoms with Crippen LogP contribution in [0.25, 0.3) is 108 Å². The molecule has 3 fully saturated rings. The molecule has 0 atom stereocenters. The smallest absolute Gasteiger partial charge is 0.478 e. The molecule has 1 amide bonds. The van der Waals surface area contributed by atoms with E-state index in [2.05, 4.69) is 147 Å². The number of carboxylic acids is 1. The van der Waals surface area contributed by atoms with Crippen molar-refractivity contribution in [3.63, 3.8) is 0 Å². The lowest BCUT2D eigenvalue weighted by Crippen LogP contribution is -2.41. The first kappa shape index (κ1) is 112. The number of rotatable bonds is 12. The van der Waals surface area contributed by atoms with E-state index in [1.54, 1.807) is 39.0 Å². The number of thiol groups is 1. The van der Waals surface area contributed by atoms with Gasteiger partial charge in [0.25, 0.3) is 0 Å². The summed E-state index contributed by atoms with van der Waals surface area (Å²) in [7, 11) is -1.36. The van der Waals surface area contributed by atoms with Crippen LogP contribution >= 0.6 is 88.1 Å². The molecule has 0 radical (unpaired) electrons. The predicted octanol–water partition coefficient (Wildman–Crippen LogP) is 28.7. The average Bonchev–Trinajstić information content (AvgIpc) is 1.58. The lowest BCUT2D eigenvalue weighted by Gasteiger charge is -2.32. The Labute approximate surface area is 886 Å². The van der Waals surface area contributed by atoms with Crippen LogP contribution in [-0.2, 0) is 47.0 Å². The normalized spacial score (nSPS) is 14.6. The number of nitrogens with zero attached hydrogens (tertiary/aromatic N) is 6. The van der Waals surface area contributed by atoms with Crippen LogP contribution in [0.5, 0.6) is 0 Å². The summed E-state index contributed by atoms with van der Waals surface area (Å²) in [5.74, 6) is -1.79. The molecule has 734 valence electrons. The largest absolute Gasteiger partial charge is 0.495 e. The topological polar surface area (TPSA) is 309 Å². The molecule has 19 rings (SSSR count). The van der Waals surface area contributed by atoms with Gasteiger partial charge in [0.05, 0.1) is 98.9 Å². The maximum Gasteiger partial charge on any atom is 0.495 e. The van der Waals surface area contributed by atoms with Crippen molar-refractivity contribution in [1.82, 2.24) is 9.97 Å². The molecule has 3 saturated heterocycles. The zero-order valence-electron chi connectivity index (χ0n) is 82.7. The van der Waals surface area contributed by atoms with Gasteiger partial charge in [-0.2, -0.15) is 33.7 Å². The number of nitrogens with two attached hydrogens (primary N) is 1. The number of fused-ring (bicyclic) bond motifs is 8. The second-order valence-electron chi connectivity index (χ2n) is 37.8. The summed E-state index contributed by atoms with van der Waals surface area (Å²) < 4.78 is 48.6. The third-order valence-corrected chi connectivity index (χ3v) is 29.5. The fourth-order valence-corrected chi connectivity index (χ4v) is 18.9. The lowest BCUT2D eigenvalue weighted by molar-refractivity contribution is -0.145. The summed E-state index contributed by atoms with van der Waals surface area (Å²) in [6, 6.07) is 90.2. The van der Waals surface area contributed by atoms with Gasteiger partial charge in [0, 0.05) is 91.2 Å². The molecule has 29 heteroatoms. The molecule has 5 heterocycles. The third kappa shape index (κ3) is 25.7. The molecule has 0 unspecified atom stereocenters. The van der Waals surface area contributed by atoms with Crippen molar-refractivity contribution in [2.75, 3.05) is 13.2 Å². The van der Waals surface area contributed by atoms with Gasteiger partial charge in [-0.15, -0.1) is 11.8 Å². The van der Waals surface area contributed by atoms with E-state index in [-0.39, 0.29) is 53.0 Å². The summed E-state index contributed by atoms with van der Waals surface area (Å²) in [6.07, 6.45) is 7.47. The number of halogens is 4. The van der Waals surface area contributed by atoms with E-state index in [1.807, 2.05) is 329 Å². The van der Waals surface area contributed by atoms with E-state index >= 15 is 0 Å². The second kappa shape index (κ2) is 47.4. The maximum absolute atomic E-state index is 12.3. The lowest BCUT2D eigenvalue weighted by atomic mass is 9.49. The van der Waals surface area contributed by atoms with Crippen LogP contribution in [0.15, 0.2) is 302 Å². The van der Waals surface area contributed by atoms with Crippen molar-refractivity contribution in [1.29, 1.82) is 21.0 Å². The van der Waals surface area contributed by atoms with Gasteiger partial charge in [-0.1, -0.05) is 247 Å². The highest BCUT2D eigenvalue weighted by molar-refractivity contribution is 9.11. The van der Waals surface area contributed by atoms with E-state index in [1.165, 1.54) is 11.8 Å². The number of carboxylic acid groups (broad SMARTS) is 1. The van der Waals surface area contributed by atoms with Crippen molar-refractivity contribution in [2.24, 2.45) is 5.73 Å². The van der Waals surface area contributed by atoms with Crippen molar-refractivity contribution >= 4 is 225 Å². The van der Waals surface area contributed by atoms with Gasteiger partial charge in [-0.3, -0.25) is 24.4 Å². The number of pyridine rings is 2. The molecule has 0 bridgehead atoms. The van der Waals surface area contributed by atoms with E-state index < -0.39 is 42.5 Å². The number of hydrogen-bond acceptors (Lipinski definition) is 20. The Morgan fingerprint density at radius 1 is 0.389 bits per heavy atom. The first-order chi connectivity index (χ1) is 67.7. The maximum atomic E-state index is 12.3. The molecule has 14 aromatic carbocycles. The van der Waals surface area contributed by atoms with Gasteiger partial charge in [0.1, 0.15) is 9.49 Å². The number of aromatic carboxylic acids is 1. The number of primary amides is 1. The van der Waals surface area contributed by atoms with Gasteiger partial charge in [-0.25, -0.2) is 4.79 Å². The molecule has 2 aromatic heterocycles. The molecule has 20 nitrogen and oxygen atoms in total. The molecule has 16 aromatic rings. The minimum Gasteiger partial charge on any atom is -0.478 e. The third-order valence-electron chi connectivity index (χ3n) is 25.6. The fraction of sp³-hybridized carbons (Fsp3) is 0.252. The summed E-state index contributed by atoms with van der Waals surface area (Å²) in [4.78, 5) is 55.0. The SMILES string of the molecule is C.CC1(C)OB(B2OC(C)(C)C(C)(C)O2)OC1(C)C.CC1(C)OB(c2cccc3c(C#N)cccc23)OC1(C)C.CCOC(=O)C(C)(C)S.CCOC(=O)C(C)(C)Sc1ccc2cncc(-c3cccc4c(C#N)cccc34)c2c1.N#Cc1cccc2c(-c3cncc4ccc(Br)cc34)cccc12.N#Cc1cccc2c(Br)cccc12.NC(=O)c1cccc2c(Br)cccc12.O=C(O)c1cccc2c(Br)cccc12. The summed E-state index contributed by atoms with van der Waals surface area (Å²) in [6.45, 7) is 35.9. The number of benzene rings is 14. The number of carbonyl (C=O) groups is 4. The van der Waals surface area contributed by atoms with Gasteiger partial charge in [-0.05, 0) is 279 Å². The molecular weight excluding hydrogens is 2100 g/mol. The highest BCUT2D eigenvalue weighted by Crippen LogP contribution is 2.46. The minimum absolute atomic E-state index is 0. The fourth-order valence-electron chi connectivity index (χ4n) is 15.9. The van der Waals surface area contributed by atoms with Gasteiger partial charge in [0.15, 0.2) is 0 Å². The van der Waals surface area contributed by atoms with Gasteiger partial charge < -0.3 is 48.2 Å². The van der Waals surface area contributed by atoms with Gasteiger partial charge >= 0.3 is 39.0 Å². The molecule has 3 aliphatic rings. The summed E-state index contributed by atoms with van der Waals surface area (Å²) in [5.41, 5.74) is 11.9. The van der Waals surface area contributed by atoms with Crippen LogP contribution in [0, 0.1) is 45.3 Å². The zero-order valence-corrected chi connectivity index (χ0v) is 90.7. The number of thioether (sulfide) groups is 1. The number of carbonyl (C=O) groups excluding carboxylic acids is 3. The average molecular weight is 2220 g/mol. The molecule has 0 aliphatic carbocycles. The number of nitriles is 4. The Morgan fingerprint density at radius 3 is 1.10 bits per heavy atom. The first-order valence-electron chi connectivity index (χ1n) is 46.1. The molecule has 0 saturated carbocycles. The highest BCUT2D eigenvalue weighted by atomic mass is 79.9. The van der Waals surface area contributed by atoms with Crippen LogP contribution in [0.2, 0.25) is 0 Å². The van der Waals surface area contributed by atoms with E-state index in [4.69, 9.17) is 53.5 Å². The monoisotopic (exact) mass is 2210 g/mol. The Hall–Kier alpha value is -12.1. The summed E-state index contributed by atoms with van der Waals surface area (Å²) >= 11 is 19.3. The Kier molecular flexibility index (Phi) is 36.9. The van der Waals surface area contributed by atoms with E-state index in [0.717, 1.165) is 142 Å². The molecule has 144 heavy (non-hydrogen) atoms. The standard InChI is InChI=1S/C26H22N2O2S.C20H11BrN2.C17H18BNO2.C12H24B2O4.C11H8BrNO.C11H6BrN.C11H7BrO2.C6H12O2S.CH4/c1-4-30-25(29)26(2,3)31-19-12-11-18-15-28-16-24(23(18)13-19)22-10-6-8-20-17(14-27)7-5-9-21(20)22;21-15-8-7-14-11-23-12-20(19(14)9-15)18-6-2-4-16-13(10-22)3-1-5-17(16)18;1-16(2)17(3,4)21-18(20-16)15-10-6-8-13-12(11-19)7-5-9-14(13)15;1-9(2)10(3,4)16-13(15-9)14-17-11(5,6)12(7,8)18-14;12-10-6-2-3-7-8(10)4-1-5-9(7)11(13)14;12-11-6-2-4-9-8(7-13)3-1-5-10(9)11;12-10-6-2-3-7-8(10)4-1-5-9(7)11(13)14;1-4-8-5(7)6(2,3)9;/h5-13,15-16H,4H2,1-3H3;1-9,11-12H;5-10H,1-4H3;1-8H3;1-6H,(H2,13,14);1-6H;1-6H,(H,13,14);9H,4H2,1-3H3;1H4. The van der Waals surface area contributed by atoms with Crippen molar-refractivity contribution in [2.45, 2.75) is 180 Å².